The molecule has 0 unspecified atom stereocenters. The van der Waals surface area contributed by atoms with E-state index < -0.39 is 0 Å². The third kappa shape index (κ3) is 1.37. The van der Waals surface area contributed by atoms with Crippen molar-refractivity contribution in [1.29, 1.82) is 0 Å². The minimum atomic E-state index is 1.03. The van der Waals surface area contributed by atoms with Gasteiger partial charge in [0.05, 0.1) is 0 Å². The predicted octanol–water partition coefficient (Wildman–Crippen LogP) is -1.33. The van der Waals surface area contributed by atoms with Crippen LogP contribution in [-0.2, 0) is 0 Å². The maximum atomic E-state index is 4.04. The number of hydrogen-bond acceptors (Lipinski definition) is 1. The molecule has 1 rings (SSSR count). The van der Waals surface area contributed by atoms with Crippen LogP contribution in [0.15, 0.2) is 18.3 Å². The van der Waals surface area contributed by atoms with Gasteiger partial charge in [-0.05, 0) is 0 Å². The molecule has 0 saturated heterocycles. The van der Waals surface area contributed by atoms with E-state index in [1.54, 1.807) is 6.20 Å². The normalized spacial score (nSPS) is 9.25. The molecule has 1 heterocycles. The molecule has 0 spiro atoms. The Bertz CT molecular complexity index is 167. The molecule has 0 atom stereocenters. The van der Waals surface area contributed by atoms with E-state index in [1.165, 1.54) is 4.35 Å². The van der Waals surface area contributed by atoms with Gasteiger partial charge in [-0.2, -0.15) is 0 Å². The standard InChI is InChI=1S/C5H3As2N/c6-4-2-1-3-8-5(4)7/h1-3H. The molecule has 1 aromatic rings. The molecule has 4 radical (unpaired) electrons. The Balaban J connectivity index is 3.13. The summed E-state index contributed by atoms with van der Waals surface area (Å²) in [6, 6.07) is 3.94. The van der Waals surface area contributed by atoms with E-state index >= 15 is 0 Å². The summed E-state index contributed by atoms with van der Waals surface area (Å²) in [7, 11) is 0. The third-order valence-corrected chi connectivity index (χ3v) is 3.10. The molecule has 8 heavy (non-hydrogen) atoms. The van der Waals surface area contributed by atoms with Crippen LogP contribution in [-0.4, -0.2) is 38.7 Å². The second kappa shape index (κ2) is 2.71. The van der Waals surface area contributed by atoms with Gasteiger partial charge in [0.2, 0.25) is 0 Å². The number of pyridine rings is 1. The van der Waals surface area contributed by atoms with Crippen molar-refractivity contribution in [3.05, 3.63) is 18.3 Å². The number of aromatic nitrogens is 1. The monoisotopic (exact) mass is 227 g/mol. The molecule has 0 aliphatic rings. The second-order valence-electron chi connectivity index (χ2n) is 1.35. The Morgan fingerprint density at radius 1 is 1.38 bits per heavy atom. The van der Waals surface area contributed by atoms with Crippen LogP contribution < -0.4 is 8.83 Å². The topological polar surface area (TPSA) is 12.9 Å². The summed E-state index contributed by atoms with van der Waals surface area (Å²) < 4.78 is 2.19. The molecule has 0 bridgehead atoms. The Kier molecular flexibility index (Phi) is 2.16. The molecule has 3 heteroatoms. The summed E-state index contributed by atoms with van der Waals surface area (Å²) in [6.07, 6.45) is 1.78. The second-order valence-corrected chi connectivity index (χ2v) is 3.25. The Labute approximate surface area is 65.9 Å². The zero-order valence-electron chi connectivity index (χ0n) is 4.07. The van der Waals surface area contributed by atoms with Gasteiger partial charge < -0.3 is 0 Å². The predicted molar refractivity (Wildman–Crippen MR) is 35.0 cm³/mol. The molecule has 0 aliphatic heterocycles. The summed E-state index contributed by atoms with van der Waals surface area (Å²) in [6.45, 7) is 0. The molecule has 0 N–H and O–H groups in total. The first-order chi connectivity index (χ1) is 3.80. The third-order valence-electron chi connectivity index (χ3n) is 0.766. The molecule has 1 aromatic heterocycles. The van der Waals surface area contributed by atoms with Gasteiger partial charge in [0, 0.05) is 0 Å². The van der Waals surface area contributed by atoms with Crippen LogP contribution in [0.25, 0.3) is 0 Å². The van der Waals surface area contributed by atoms with Crippen LogP contribution in [0.2, 0.25) is 0 Å². The van der Waals surface area contributed by atoms with Crippen LogP contribution >= 0.6 is 0 Å². The first-order valence-corrected chi connectivity index (χ1v) is 4.01. The number of hydrogen-bond donors (Lipinski definition) is 0. The van der Waals surface area contributed by atoms with Gasteiger partial charge in [-0.25, -0.2) is 0 Å². The molecule has 0 aliphatic carbocycles. The molecule has 0 saturated carbocycles. The van der Waals surface area contributed by atoms with Crippen LogP contribution in [0, 0.1) is 0 Å². The maximum absolute atomic E-state index is 4.04. The van der Waals surface area contributed by atoms with Gasteiger partial charge in [0.1, 0.15) is 0 Å². The molecular formula is C5H3As2N. The zero-order chi connectivity index (χ0) is 5.98. The summed E-state index contributed by atoms with van der Waals surface area (Å²) >= 11 is 4.89. The molecule has 38 valence electrons. The van der Waals surface area contributed by atoms with E-state index in [0.717, 1.165) is 4.48 Å². The molecule has 1 nitrogen and oxygen atoms in total. The fraction of sp³-hybridized carbons (Fsp3) is 0. The van der Waals surface area contributed by atoms with Gasteiger partial charge >= 0.3 is 65.9 Å². The fourth-order valence-electron chi connectivity index (χ4n) is 0.388. The van der Waals surface area contributed by atoms with Crippen molar-refractivity contribution in [2.45, 2.75) is 0 Å². The van der Waals surface area contributed by atoms with Crippen LogP contribution in [0.3, 0.4) is 0 Å². The Hall–Kier alpha value is 0.267. The van der Waals surface area contributed by atoms with Gasteiger partial charge in [-0.3, -0.25) is 0 Å². The van der Waals surface area contributed by atoms with E-state index in [4.69, 9.17) is 0 Å². The van der Waals surface area contributed by atoms with Gasteiger partial charge in [0.25, 0.3) is 0 Å². The number of rotatable bonds is 0. The molecule has 0 aromatic carbocycles. The zero-order valence-corrected chi connectivity index (χ0v) is 7.83. The van der Waals surface area contributed by atoms with Crippen LogP contribution in [0.1, 0.15) is 0 Å². The quantitative estimate of drug-likeness (QED) is 0.500. The minimum absolute atomic E-state index is 1.03. The van der Waals surface area contributed by atoms with E-state index in [2.05, 4.69) is 38.7 Å². The first-order valence-electron chi connectivity index (χ1n) is 2.13. The van der Waals surface area contributed by atoms with Crippen molar-refractivity contribution in [1.82, 2.24) is 4.98 Å². The van der Waals surface area contributed by atoms with Crippen molar-refractivity contribution < 1.29 is 0 Å². The van der Waals surface area contributed by atoms with E-state index in [9.17, 15) is 0 Å². The summed E-state index contributed by atoms with van der Waals surface area (Å²) in [5, 5.41) is 0. The fourth-order valence-corrected chi connectivity index (χ4v) is 0.986. The molecular weight excluding hydrogens is 224 g/mol. The van der Waals surface area contributed by atoms with Crippen LogP contribution in [0.5, 0.6) is 0 Å². The van der Waals surface area contributed by atoms with E-state index in [-0.39, 0.29) is 0 Å². The van der Waals surface area contributed by atoms with Gasteiger partial charge in [0.15, 0.2) is 0 Å². The SMILES string of the molecule is [As]c1cccnc1[As]. The van der Waals surface area contributed by atoms with Gasteiger partial charge in [-0.1, -0.05) is 0 Å². The van der Waals surface area contributed by atoms with Crippen molar-refractivity contribution >= 4 is 42.5 Å². The summed E-state index contributed by atoms with van der Waals surface area (Å²) in [5.74, 6) is 0. The summed E-state index contributed by atoms with van der Waals surface area (Å²) in [4.78, 5) is 4.04. The summed E-state index contributed by atoms with van der Waals surface area (Å²) in [5.41, 5.74) is 0. The van der Waals surface area contributed by atoms with Crippen LogP contribution in [0.4, 0.5) is 0 Å². The average Bonchev–Trinajstić information content (AvgIpc) is 1.77. The number of nitrogens with zero attached hydrogens (tertiary/aromatic N) is 1. The van der Waals surface area contributed by atoms with Crippen molar-refractivity contribution in [3.8, 4) is 0 Å². The van der Waals surface area contributed by atoms with E-state index in [0.29, 0.717) is 0 Å². The van der Waals surface area contributed by atoms with E-state index in [1.807, 2.05) is 12.1 Å². The first kappa shape index (κ1) is 6.39. The van der Waals surface area contributed by atoms with Gasteiger partial charge in [-0.15, -0.1) is 0 Å². The Morgan fingerprint density at radius 2 is 2.12 bits per heavy atom. The molecule has 0 fully saturated rings. The molecule has 0 amide bonds. The van der Waals surface area contributed by atoms with Crippen molar-refractivity contribution in [2.24, 2.45) is 0 Å². The average molecular weight is 227 g/mol. The Morgan fingerprint density at radius 3 is 2.50 bits per heavy atom. The van der Waals surface area contributed by atoms with Crippen molar-refractivity contribution in [2.75, 3.05) is 0 Å². The van der Waals surface area contributed by atoms with Crippen molar-refractivity contribution in [3.63, 3.8) is 0 Å².